The van der Waals surface area contributed by atoms with E-state index in [1.807, 2.05) is 0 Å². The molecule has 0 spiro atoms. The lowest BCUT2D eigenvalue weighted by atomic mass is 10.3. The highest BCUT2D eigenvalue weighted by molar-refractivity contribution is 5.91. The van der Waals surface area contributed by atoms with E-state index >= 15 is 0 Å². The third-order valence-electron chi connectivity index (χ3n) is 1.71. The van der Waals surface area contributed by atoms with Gasteiger partial charge in [0, 0.05) is 0 Å². The van der Waals surface area contributed by atoms with Gasteiger partial charge in [-0.1, -0.05) is 0 Å². The molecule has 0 aliphatic carbocycles. The lowest BCUT2D eigenvalue weighted by Crippen LogP contribution is -2.16. The molecular formula is C10H12O5. The first-order chi connectivity index (χ1) is 7.15. The average Bonchev–Trinajstić information content (AvgIpc) is 2.61. The van der Waals surface area contributed by atoms with Crippen LogP contribution in [0.1, 0.15) is 23.0 Å². The topological polar surface area (TPSA) is 65.7 Å². The van der Waals surface area contributed by atoms with Crippen molar-refractivity contribution in [2.45, 2.75) is 13.8 Å². The highest BCUT2D eigenvalue weighted by Gasteiger charge is 2.14. The summed E-state index contributed by atoms with van der Waals surface area (Å²) in [5.74, 6) is -0.690. The quantitative estimate of drug-likeness (QED) is 0.704. The average molecular weight is 212 g/mol. The molecule has 0 amide bonds. The van der Waals surface area contributed by atoms with E-state index in [-0.39, 0.29) is 13.2 Å². The van der Waals surface area contributed by atoms with Crippen LogP contribution >= 0.6 is 0 Å². The first-order valence-electron chi connectivity index (χ1n) is 4.52. The highest BCUT2D eigenvalue weighted by atomic mass is 16.6. The SMILES string of the molecule is CCOC(=O)COC(=O)c1ccoc1C. The van der Waals surface area contributed by atoms with E-state index in [1.54, 1.807) is 13.8 Å². The Morgan fingerprint density at radius 1 is 1.40 bits per heavy atom. The van der Waals surface area contributed by atoms with E-state index in [9.17, 15) is 9.59 Å². The summed E-state index contributed by atoms with van der Waals surface area (Å²) in [4.78, 5) is 22.2. The second kappa shape index (κ2) is 5.19. The maximum absolute atomic E-state index is 11.3. The zero-order chi connectivity index (χ0) is 11.3. The van der Waals surface area contributed by atoms with E-state index in [0.29, 0.717) is 11.3 Å². The van der Waals surface area contributed by atoms with Crippen molar-refractivity contribution in [1.29, 1.82) is 0 Å². The van der Waals surface area contributed by atoms with Gasteiger partial charge in [-0.25, -0.2) is 9.59 Å². The molecule has 5 nitrogen and oxygen atoms in total. The zero-order valence-corrected chi connectivity index (χ0v) is 8.61. The predicted molar refractivity (Wildman–Crippen MR) is 50.4 cm³/mol. The van der Waals surface area contributed by atoms with Crippen LogP contribution < -0.4 is 0 Å². The lowest BCUT2D eigenvalue weighted by molar-refractivity contribution is -0.146. The molecule has 0 saturated carbocycles. The van der Waals surface area contributed by atoms with Gasteiger partial charge in [0.05, 0.1) is 12.9 Å². The minimum atomic E-state index is -0.589. The number of ether oxygens (including phenoxy) is 2. The van der Waals surface area contributed by atoms with E-state index in [2.05, 4.69) is 4.74 Å². The Morgan fingerprint density at radius 2 is 2.13 bits per heavy atom. The van der Waals surface area contributed by atoms with Crippen LogP contribution in [-0.4, -0.2) is 25.2 Å². The zero-order valence-electron chi connectivity index (χ0n) is 8.61. The van der Waals surface area contributed by atoms with Crippen molar-refractivity contribution in [1.82, 2.24) is 0 Å². The maximum atomic E-state index is 11.3. The molecule has 0 bridgehead atoms. The van der Waals surface area contributed by atoms with Crippen LogP contribution in [0.2, 0.25) is 0 Å². The molecule has 0 unspecified atom stereocenters. The summed E-state index contributed by atoms with van der Waals surface area (Å²) in [5.41, 5.74) is 0.319. The molecule has 0 aliphatic rings. The van der Waals surface area contributed by atoms with Gasteiger partial charge in [-0.3, -0.25) is 0 Å². The molecule has 0 aromatic carbocycles. The number of hydrogen-bond donors (Lipinski definition) is 0. The summed E-state index contributed by atoms with van der Waals surface area (Å²) in [6.07, 6.45) is 1.39. The molecule has 1 rings (SSSR count). The Balaban J connectivity index is 2.44. The van der Waals surface area contributed by atoms with E-state index in [0.717, 1.165) is 0 Å². The number of aryl methyl sites for hydroxylation is 1. The number of carbonyl (C=O) groups excluding carboxylic acids is 2. The fraction of sp³-hybridized carbons (Fsp3) is 0.400. The van der Waals surface area contributed by atoms with Crippen LogP contribution in [-0.2, 0) is 14.3 Å². The van der Waals surface area contributed by atoms with Crippen molar-refractivity contribution in [2.24, 2.45) is 0 Å². The van der Waals surface area contributed by atoms with Gasteiger partial charge in [0.1, 0.15) is 11.3 Å². The van der Waals surface area contributed by atoms with E-state index in [1.165, 1.54) is 12.3 Å². The molecule has 82 valence electrons. The van der Waals surface area contributed by atoms with Gasteiger partial charge in [0.15, 0.2) is 6.61 Å². The molecular weight excluding hydrogens is 200 g/mol. The molecule has 0 N–H and O–H groups in total. The summed E-state index contributed by atoms with van der Waals surface area (Å²) >= 11 is 0. The largest absolute Gasteiger partial charge is 0.469 e. The minimum absolute atomic E-state index is 0.265. The smallest absolute Gasteiger partial charge is 0.344 e. The second-order valence-electron chi connectivity index (χ2n) is 2.77. The highest BCUT2D eigenvalue weighted by Crippen LogP contribution is 2.09. The van der Waals surface area contributed by atoms with Gasteiger partial charge >= 0.3 is 11.9 Å². The molecule has 15 heavy (non-hydrogen) atoms. The summed E-state index contributed by atoms with van der Waals surface area (Å²) < 4.78 is 14.2. The first-order valence-corrected chi connectivity index (χ1v) is 4.52. The van der Waals surface area contributed by atoms with Crippen molar-refractivity contribution >= 4 is 11.9 Å². The van der Waals surface area contributed by atoms with Gasteiger partial charge in [-0.2, -0.15) is 0 Å². The fourth-order valence-corrected chi connectivity index (χ4v) is 1.00. The fourth-order valence-electron chi connectivity index (χ4n) is 1.00. The van der Waals surface area contributed by atoms with Gasteiger partial charge in [0.2, 0.25) is 0 Å². The van der Waals surface area contributed by atoms with Crippen molar-refractivity contribution in [3.05, 3.63) is 23.7 Å². The molecule has 0 fully saturated rings. The van der Waals surface area contributed by atoms with Crippen molar-refractivity contribution < 1.29 is 23.5 Å². The summed E-state index contributed by atoms with van der Waals surface area (Å²) in [6, 6.07) is 1.49. The molecule has 1 heterocycles. The molecule has 0 saturated heterocycles. The van der Waals surface area contributed by atoms with E-state index < -0.39 is 11.9 Å². The molecule has 0 atom stereocenters. The summed E-state index contributed by atoms with van der Waals surface area (Å²) in [6.45, 7) is 3.21. The number of furan rings is 1. The number of esters is 2. The third-order valence-corrected chi connectivity index (χ3v) is 1.71. The standard InChI is InChI=1S/C10H12O5/c1-3-13-9(11)6-15-10(12)8-4-5-14-7(8)2/h4-5H,3,6H2,1-2H3. The Morgan fingerprint density at radius 3 is 2.67 bits per heavy atom. The van der Waals surface area contributed by atoms with Crippen LogP contribution in [0.3, 0.4) is 0 Å². The Hall–Kier alpha value is -1.78. The van der Waals surface area contributed by atoms with Gasteiger partial charge in [0.25, 0.3) is 0 Å². The van der Waals surface area contributed by atoms with Gasteiger partial charge in [-0.15, -0.1) is 0 Å². The molecule has 1 aromatic heterocycles. The Kier molecular flexibility index (Phi) is 3.91. The van der Waals surface area contributed by atoms with Gasteiger partial charge < -0.3 is 13.9 Å². The molecule has 5 heteroatoms. The number of hydrogen-bond acceptors (Lipinski definition) is 5. The van der Waals surface area contributed by atoms with Crippen LogP contribution in [0.25, 0.3) is 0 Å². The maximum Gasteiger partial charge on any atom is 0.344 e. The first kappa shape index (κ1) is 11.3. The normalized spacial score (nSPS) is 9.73. The molecule has 1 aromatic rings. The predicted octanol–water partition coefficient (Wildman–Crippen LogP) is 1.31. The van der Waals surface area contributed by atoms with Crippen molar-refractivity contribution in [3.63, 3.8) is 0 Å². The summed E-state index contributed by atoms with van der Waals surface area (Å²) in [7, 11) is 0. The Labute approximate surface area is 87.0 Å². The van der Waals surface area contributed by atoms with Crippen LogP contribution in [0.4, 0.5) is 0 Å². The van der Waals surface area contributed by atoms with Crippen molar-refractivity contribution in [2.75, 3.05) is 13.2 Å². The molecule has 0 aliphatic heterocycles. The van der Waals surface area contributed by atoms with Crippen LogP contribution in [0.15, 0.2) is 16.7 Å². The number of rotatable bonds is 4. The third kappa shape index (κ3) is 3.12. The summed E-state index contributed by atoms with van der Waals surface area (Å²) in [5, 5.41) is 0. The minimum Gasteiger partial charge on any atom is -0.469 e. The van der Waals surface area contributed by atoms with Crippen molar-refractivity contribution in [3.8, 4) is 0 Å². The second-order valence-corrected chi connectivity index (χ2v) is 2.77. The van der Waals surface area contributed by atoms with Crippen LogP contribution in [0.5, 0.6) is 0 Å². The van der Waals surface area contributed by atoms with E-state index in [4.69, 9.17) is 9.15 Å². The lowest BCUT2D eigenvalue weighted by Gasteiger charge is -2.03. The Bertz CT molecular complexity index is 352. The number of carbonyl (C=O) groups is 2. The monoisotopic (exact) mass is 212 g/mol. The van der Waals surface area contributed by atoms with Gasteiger partial charge in [-0.05, 0) is 19.9 Å². The molecule has 0 radical (unpaired) electrons. The van der Waals surface area contributed by atoms with Crippen LogP contribution in [0, 0.1) is 6.92 Å².